The zero-order valence-electron chi connectivity index (χ0n) is 22.4. The Labute approximate surface area is 249 Å². The van der Waals surface area contributed by atoms with Gasteiger partial charge in [-0.1, -0.05) is 29.3 Å². The second-order valence-electron chi connectivity index (χ2n) is 9.93. The molecule has 0 atom stereocenters. The topological polar surface area (TPSA) is 107 Å². The molecular weight excluding hydrogens is 598 g/mol. The van der Waals surface area contributed by atoms with Crippen molar-refractivity contribution in [1.29, 1.82) is 0 Å². The number of carbonyl (C=O) groups excluding carboxylic acids is 2. The Morgan fingerprint density at radius 2 is 1.57 bits per heavy atom. The van der Waals surface area contributed by atoms with Gasteiger partial charge in [-0.25, -0.2) is 9.78 Å². The fraction of sp³-hybridized carbons (Fsp3) is 0.407. The van der Waals surface area contributed by atoms with Gasteiger partial charge in [-0.15, -0.1) is 0 Å². The number of piperidine rings is 1. The summed E-state index contributed by atoms with van der Waals surface area (Å²) in [5, 5.41) is 5.87. The number of benzene rings is 1. The lowest BCUT2D eigenvalue weighted by Crippen LogP contribution is -2.38. The highest BCUT2D eigenvalue weighted by Crippen LogP contribution is 2.35. The zero-order chi connectivity index (χ0) is 29.9. The molecule has 2 fully saturated rings. The van der Waals surface area contributed by atoms with E-state index in [0.717, 1.165) is 19.3 Å². The Balaban J connectivity index is 1.21. The first-order valence-electron chi connectivity index (χ1n) is 13.5. The largest absolute Gasteiger partial charge is 0.437 e. The fourth-order valence-corrected chi connectivity index (χ4v) is 5.36. The Bertz CT molecular complexity index is 1410. The average molecular weight is 626 g/mol. The van der Waals surface area contributed by atoms with Crippen LogP contribution in [0.25, 0.3) is 0 Å². The average Bonchev–Trinajstić information content (AvgIpc) is 3.29. The lowest BCUT2D eigenvalue weighted by atomic mass is 10.1. The van der Waals surface area contributed by atoms with Crippen molar-refractivity contribution >= 4 is 58.3 Å². The summed E-state index contributed by atoms with van der Waals surface area (Å²) in [4.78, 5) is 38.9. The third kappa shape index (κ3) is 6.84. The van der Waals surface area contributed by atoms with Gasteiger partial charge in [-0.3, -0.25) is 4.79 Å². The highest BCUT2D eigenvalue weighted by atomic mass is 35.5. The van der Waals surface area contributed by atoms with Gasteiger partial charge in [0.15, 0.2) is 5.69 Å². The van der Waals surface area contributed by atoms with E-state index in [1.807, 2.05) is 4.90 Å². The van der Waals surface area contributed by atoms with Gasteiger partial charge in [-0.2, -0.15) is 18.2 Å². The number of para-hydroxylation sites is 1. The van der Waals surface area contributed by atoms with Gasteiger partial charge < -0.3 is 29.8 Å². The third-order valence-corrected chi connectivity index (χ3v) is 7.65. The van der Waals surface area contributed by atoms with Crippen molar-refractivity contribution < 1.29 is 27.2 Å². The number of pyridine rings is 1. The summed E-state index contributed by atoms with van der Waals surface area (Å²) < 4.78 is 46.3. The molecule has 0 unspecified atom stereocenters. The fourth-order valence-electron chi connectivity index (χ4n) is 4.86. The summed E-state index contributed by atoms with van der Waals surface area (Å²) in [6.45, 7) is 3.02. The lowest BCUT2D eigenvalue weighted by molar-refractivity contribution is -0.141. The molecule has 1 aromatic carbocycles. The van der Waals surface area contributed by atoms with Crippen LogP contribution in [0.4, 0.5) is 41.2 Å². The van der Waals surface area contributed by atoms with E-state index in [0.29, 0.717) is 67.2 Å². The molecule has 224 valence electrons. The number of nitrogens with zero attached hydrogens (tertiary/aromatic N) is 5. The van der Waals surface area contributed by atoms with Crippen LogP contribution >= 0.6 is 23.2 Å². The maximum atomic E-state index is 13.7. The van der Waals surface area contributed by atoms with E-state index >= 15 is 0 Å². The minimum absolute atomic E-state index is 0.195. The Hall–Kier alpha value is -3.71. The van der Waals surface area contributed by atoms with Gasteiger partial charge in [-0.05, 0) is 49.9 Å². The molecule has 3 aromatic rings. The SMILES string of the molecule is O=C(Nc1ccc(N2CCCN(C(=O)Nc3c(Cl)cccc3Cl)CC2)nc1)c1oc(N2CCCCC2)nc1C(F)(F)F. The number of aromatic nitrogens is 2. The number of halogens is 5. The van der Waals surface area contributed by atoms with Gasteiger partial charge >= 0.3 is 12.2 Å². The van der Waals surface area contributed by atoms with Crippen LogP contribution in [0.3, 0.4) is 0 Å². The number of alkyl halides is 3. The van der Waals surface area contributed by atoms with Crippen LogP contribution in [-0.2, 0) is 6.18 Å². The molecule has 4 heterocycles. The van der Waals surface area contributed by atoms with Crippen LogP contribution in [0.15, 0.2) is 40.9 Å². The molecule has 0 saturated carbocycles. The minimum atomic E-state index is -4.86. The van der Waals surface area contributed by atoms with Crippen LogP contribution in [-0.4, -0.2) is 66.1 Å². The first kappa shape index (κ1) is 29.8. The predicted octanol–water partition coefficient (Wildman–Crippen LogP) is 6.38. The lowest BCUT2D eigenvalue weighted by Gasteiger charge is -2.24. The molecule has 2 aromatic heterocycles. The number of oxazole rings is 1. The van der Waals surface area contributed by atoms with Gasteiger partial charge in [0.2, 0.25) is 5.76 Å². The quantitative estimate of drug-likeness (QED) is 0.339. The number of anilines is 4. The molecule has 10 nitrogen and oxygen atoms in total. The van der Waals surface area contributed by atoms with E-state index in [1.54, 1.807) is 40.1 Å². The minimum Gasteiger partial charge on any atom is -0.417 e. The standard InChI is InChI=1S/C27H28Cl2F3N7O3/c28-18-6-4-7-19(29)21(18)35-25(41)38-13-5-12-37(14-15-38)20-9-8-17(16-33-20)34-24(40)22-23(27(30,31)32)36-26(42-22)39-10-2-1-3-11-39/h4,6-9,16H,1-3,5,10-15H2,(H,34,40)(H,35,41). The van der Waals surface area contributed by atoms with Crippen molar-refractivity contribution in [2.75, 3.05) is 59.7 Å². The van der Waals surface area contributed by atoms with E-state index in [1.165, 1.54) is 6.20 Å². The number of rotatable bonds is 5. The number of hydrogen-bond acceptors (Lipinski definition) is 7. The Morgan fingerprint density at radius 1 is 0.857 bits per heavy atom. The van der Waals surface area contributed by atoms with E-state index in [2.05, 4.69) is 20.6 Å². The summed E-state index contributed by atoms with van der Waals surface area (Å²) in [6.07, 6.45) is -0.245. The Morgan fingerprint density at radius 3 is 2.24 bits per heavy atom. The summed E-state index contributed by atoms with van der Waals surface area (Å²) in [7, 11) is 0. The molecule has 2 saturated heterocycles. The van der Waals surface area contributed by atoms with E-state index < -0.39 is 23.5 Å². The highest BCUT2D eigenvalue weighted by molar-refractivity contribution is 6.39. The number of amides is 3. The number of hydrogen-bond donors (Lipinski definition) is 2. The van der Waals surface area contributed by atoms with Gasteiger partial charge in [0.05, 0.1) is 27.6 Å². The summed E-state index contributed by atoms with van der Waals surface area (Å²) >= 11 is 12.3. The summed E-state index contributed by atoms with van der Waals surface area (Å²) in [5.74, 6) is -1.37. The second-order valence-corrected chi connectivity index (χ2v) is 10.7. The van der Waals surface area contributed by atoms with Crippen molar-refractivity contribution in [2.24, 2.45) is 0 Å². The maximum absolute atomic E-state index is 13.7. The molecule has 42 heavy (non-hydrogen) atoms. The van der Waals surface area contributed by atoms with E-state index in [9.17, 15) is 22.8 Å². The zero-order valence-corrected chi connectivity index (χ0v) is 23.9. The number of nitrogens with one attached hydrogen (secondary N) is 2. The Kier molecular flexibility index (Phi) is 8.97. The van der Waals surface area contributed by atoms with Crippen LogP contribution in [0, 0.1) is 0 Å². The van der Waals surface area contributed by atoms with Crippen molar-refractivity contribution in [3.8, 4) is 0 Å². The number of urea groups is 1. The van der Waals surface area contributed by atoms with Crippen LogP contribution in [0.2, 0.25) is 10.0 Å². The van der Waals surface area contributed by atoms with Crippen molar-refractivity contribution in [1.82, 2.24) is 14.9 Å². The molecule has 0 spiro atoms. The highest BCUT2D eigenvalue weighted by Gasteiger charge is 2.42. The normalized spacial score (nSPS) is 16.3. The molecule has 15 heteroatoms. The molecule has 2 aliphatic rings. The van der Waals surface area contributed by atoms with Gasteiger partial charge in [0.25, 0.3) is 11.9 Å². The molecule has 0 bridgehead atoms. The molecule has 3 amide bonds. The molecule has 2 aliphatic heterocycles. The van der Waals surface area contributed by atoms with Crippen molar-refractivity contribution in [3.63, 3.8) is 0 Å². The smallest absolute Gasteiger partial charge is 0.417 e. The van der Waals surface area contributed by atoms with E-state index in [-0.39, 0.29) is 17.7 Å². The van der Waals surface area contributed by atoms with Crippen molar-refractivity contribution in [3.05, 3.63) is 58.0 Å². The maximum Gasteiger partial charge on any atom is 0.437 e. The molecule has 2 N–H and O–H groups in total. The predicted molar refractivity (Wildman–Crippen MR) is 154 cm³/mol. The summed E-state index contributed by atoms with van der Waals surface area (Å²) in [6, 6.07) is 7.63. The summed E-state index contributed by atoms with van der Waals surface area (Å²) in [5.41, 5.74) is -0.818. The monoisotopic (exact) mass is 625 g/mol. The van der Waals surface area contributed by atoms with Crippen LogP contribution < -0.4 is 20.4 Å². The molecule has 0 aliphatic carbocycles. The van der Waals surface area contributed by atoms with Gasteiger partial charge in [0, 0.05) is 39.3 Å². The first-order chi connectivity index (χ1) is 20.1. The van der Waals surface area contributed by atoms with Crippen molar-refractivity contribution in [2.45, 2.75) is 31.9 Å². The third-order valence-electron chi connectivity index (χ3n) is 7.02. The second kappa shape index (κ2) is 12.7. The van der Waals surface area contributed by atoms with E-state index in [4.69, 9.17) is 27.6 Å². The molecule has 0 radical (unpaired) electrons. The number of carbonyl (C=O) groups is 2. The van der Waals surface area contributed by atoms with Crippen LogP contribution in [0.5, 0.6) is 0 Å². The first-order valence-corrected chi connectivity index (χ1v) is 14.2. The molecular formula is C27H28Cl2F3N7O3. The van der Waals surface area contributed by atoms with Crippen LogP contribution in [0.1, 0.15) is 41.9 Å². The van der Waals surface area contributed by atoms with Gasteiger partial charge in [0.1, 0.15) is 5.82 Å². The molecule has 5 rings (SSSR count).